The molecule has 0 radical (unpaired) electrons. The summed E-state index contributed by atoms with van der Waals surface area (Å²) in [6, 6.07) is 6.91. The second-order valence-corrected chi connectivity index (χ2v) is 12.9. The number of benzene rings is 1. The molecule has 11 heteroatoms. The lowest BCUT2D eigenvalue weighted by molar-refractivity contribution is -0.138. The number of piperidine rings is 1. The van der Waals surface area contributed by atoms with Crippen LogP contribution in [0.25, 0.3) is 0 Å². The summed E-state index contributed by atoms with van der Waals surface area (Å²) < 4.78 is 52.4. The van der Waals surface area contributed by atoms with Gasteiger partial charge in [-0.2, -0.15) is 8.42 Å². The van der Waals surface area contributed by atoms with Gasteiger partial charge in [0.1, 0.15) is 4.90 Å². The first-order chi connectivity index (χ1) is 15.2. The second kappa shape index (κ2) is 8.11. The van der Waals surface area contributed by atoms with Crippen molar-refractivity contribution in [3.8, 4) is 0 Å². The van der Waals surface area contributed by atoms with E-state index in [1.807, 2.05) is 9.80 Å². The number of amidine groups is 1. The molecule has 4 aliphatic rings. The molecule has 0 spiro atoms. The van der Waals surface area contributed by atoms with Gasteiger partial charge < -0.3 is 9.80 Å². The standard InChI is InChI=1S/C21H28N4O5S2/c26-21(24-11-9-23(10-12-24)17-7-13-31(27,28)15-17)16-4-3-8-25(14-16)20-18-5-1-2-6-19(18)32(29,30)22-20/h1-2,5-6,16-17H,3-4,7-15H2. The average Bonchev–Trinajstić information content (AvgIpc) is 3.30. The van der Waals surface area contributed by atoms with Crippen LogP contribution in [-0.4, -0.2) is 100 Å². The normalized spacial score (nSPS) is 29.6. The Morgan fingerprint density at radius 3 is 2.44 bits per heavy atom. The highest BCUT2D eigenvalue weighted by molar-refractivity contribution is 7.91. The van der Waals surface area contributed by atoms with E-state index in [0.29, 0.717) is 57.1 Å². The Balaban J connectivity index is 1.23. The smallest absolute Gasteiger partial charge is 0.285 e. The van der Waals surface area contributed by atoms with Crippen LogP contribution in [0, 0.1) is 5.92 Å². The van der Waals surface area contributed by atoms with E-state index >= 15 is 0 Å². The van der Waals surface area contributed by atoms with Crippen molar-refractivity contribution in [2.24, 2.45) is 10.3 Å². The topological polar surface area (TPSA) is 107 Å². The lowest BCUT2D eigenvalue weighted by atomic mass is 9.95. The number of carbonyl (C=O) groups excluding carboxylic acids is 1. The summed E-state index contributed by atoms with van der Waals surface area (Å²) in [4.78, 5) is 19.5. The minimum absolute atomic E-state index is 0.0739. The first-order valence-corrected chi connectivity index (χ1v) is 14.4. The molecule has 1 amide bonds. The molecular weight excluding hydrogens is 452 g/mol. The molecular formula is C21H28N4O5S2. The number of nitrogens with zero attached hydrogens (tertiary/aromatic N) is 4. The fourth-order valence-corrected chi connectivity index (χ4v) is 8.31. The Labute approximate surface area is 189 Å². The number of carbonyl (C=O) groups is 1. The molecule has 4 aliphatic heterocycles. The van der Waals surface area contributed by atoms with Crippen LogP contribution in [0.2, 0.25) is 0 Å². The number of hydrogen-bond acceptors (Lipinski definition) is 7. The van der Waals surface area contributed by atoms with E-state index in [2.05, 4.69) is 9.30 Å². The summed E-state index contributed by atoms with van der Waals surface area (Å²) >= 11 is 0. The van der Waals surface area contributed by atoms with Gasteiger partial charge in [-0.3, -0.25) is 9.69 Å². The van der Waals surface area contributed by atoms with Crippen LogP contribution in [0.15, 0.2) is 33.6 Å². The molecule has 0 aromatic heterocycles. The predicted octanol–water partition coefficient (Wildman–Crippen LogP) is 0.179. The Kier molecular flexibility index (Phi) is 5.53. The highest BCUT2D eigenvalue weighted by Gasteiger charge is 2.38. The van der Waals surface area contributed by atoms with E-state index in [1.54, 1.807) is 24.3 Å². The Hall–Kier alpha value is -1.98. The summed E-state index contributed by atoms with van der Waals surface area (Å²) in [6.07, 6.45) is 2.26. The molecule has 2 unspecified atom stereocenters. The van der Waals surface area contributed by atoms with Gasteiger partial charge in [-0.15, -0.1) is 4.40 Å². The van der Waals surface area contributed by atoms with Crippen molar-refractivity contribution in [1.82, 2.24) is 14.7 Å². The van der Waals surface area contributed by atoms with Crippen molar-refractivity contribution < 1.29 is 21.6 Å². The summed E-state index contributed by atoms with van der Waals surface area (Å²) in [6.45, 7) is 3.73. The first-order valence-electron chi connectivity index (χ1n) is 11.2. The third-order valence-electron chi connectivity index (χ3n) is 7.03. The van der Waals surface area contributed by atoms with Crippen LogP contribution in [-0.2, 0) is 24.7 Å². The molecule has 0 aliphatic carbocycles. The van der Waals surface area contributed by atoms with Crippen LogP contribution in [0.1, 0.15) is 24.8 Å². The number of hydrogen-bond donors (Lipinski definition) is 0. The zero-order chi connectivity index (χ0) is 22.5. The molecule has 1 aromatic carbocycles. The zero-order valence-corrected chi connectivity index (χ0v) is 19.5. The van der Waals surface area contributed by atoms with E-state index in [0.717, 1.165) is 12.8 Å². The van der Waals surface area contributed by atoms with Gasteiger partial charge in [0.05, 0.1) is 17.4 Å². The van der Waals surface area contributed by atoms with E-state index in [4.69, 9.17) is 0 Å². The quantitative estimate of drug-likeness (QED) is 0.594. The first kappa shape index (κ1) is 21.8. The maximum atomic E-state index is 13.2. The van der Waals surface area contributed by atoms with Crippen LogP contribution >= 0.6 is 0 Å². The second-order valence-electron chi connectivity index (χ2n) is 9.09. The molecule has 9 nitrogen and oxygen atoms in total. The van der Waals surface area contributed by atoms with Crippen LogP contribution in [0.5, 0.6) is 0 Å². The highest BCUT2D eigenvalue weighted by Crippen LogP contribution is 2.30. The van der Waals surface area contributed by atoms with E-state index in [-0.39, 0.29) is 34.3 Å². The lowest BCUT2D eigenvalue weighted by Gasteiger charge is -2.40. The fraction of sp³-hybridized carbons (Fsp3) is 0.619. The minimum Gasteiger partial charge on any atom is -0.355 e. The van der Waals surface area contributed by atoms with Gasteiger partial charge in [0.15, 0.2) is 15.7 Å². The van der Waals surface area contributed by atoms with Gasteiger partial charge in [-0.05, 0) is 31.4 Å². The monoisotopic (exact) mass is 480 g/mol. The van der Waals surface area contributed by atoms with E-state index < -0.39 is 19.9 Å². The van der Waals surface area contributed by atoms with Gasteiger partial charge >= 0.3 is 0 Å². The summed E-state index contributed by atoms with van der Waals surface area (Å²) in [5.74, 6) is 0.844. The largest absolute Gasteiger partial charge is 0.355 e. The highest BCUT2D eigenvalue weighted by atomic mass is 32.2. The number of piperazine rings is 1. The number of amides is 1. The van der Waals surface area contributed by atoms with Crippen molar-refractivity contribution >= 4 is 31.6 Å². The summed E-state index contributed by atoms with van der Waals surface area (Å²) in [5.41, 5.74) is 0.612. The van der Waals surface area contributed by atoms with Gasteiger partial charge in [-0.1, -0.05) is 12.1 Å². The molecule has 3 saturated heterocycles. The van der Waals surface area contributed by atoms with Gasteiger partial charge in [0.2, 0.25) is 5.91 Å². The van der Waals surface area contributed by atoms with Crippen LogP contribution < -0.4 is 0 Å². The van der Waals surface area contributed by atoms with Gasteiger partial charge in [-0.25, -0.2) is 8.42 Å². The Morgan fingerprint density at radius 2 is 1.72 bits per heavy atom. The Morgan fingerprint density at radius 1 is 0.969 bits per heavy atom. The number of likely N-dealkylation sites (tertiary alicyclic amines) is 1. The Bertz CT molecular complexity index is 1160. The molecule has 32 heavy (non-hydrogen) atoms. The maximum Gasteiger partial charge on any atom is 0.285 e. The lowest BCUT2D eigenvalue weighted by Crippen LogP contribution is -2.55. The maximum absolute atomic E-state index is 13.2. The van der Waals surface area contributed by atoms with Crippen molar-refractivity contribution in [3.05, 3.63) is 29.8 Å². The van der Waals surface area contributed by atoms with Gasteiger partial charge in [0, 0.05) is 50.9 Å². The molecule has 1 aromatic rings. The molecule has 4 heterocycles. The molecule has 174 valence electrons. The number of fused-ring (bicyclic) bond motifs is 1. The SMILES string of the molecule is O=C(C1CCCN(C2=NS(=O)(=O)c3ccccc32)C1)N1CCN(C2CCS(=O)(=O)C2)CC1. The third-order valence-corrected chi connectivity index (χ3v) is 10.1. The number of sulfone groups is 1. The van der Waals surface area contributed by atoms with Gasteiger partial charge in [0.25, 0.3) is 10.0 Å². The zero-order valence-electron chi connectivity index (χ0n) is 17.9. The number of sulfonamides is 1. The molecule has 0 N–H and O–H groups in total. The van der Waals surface area contributed by atoms with E-state index in [1.165, 1.54) is 0 Å². The molecule has 2 atom stereocenters. The minimum atomic E-state index is -3.68. The number of rotatable bonds is 2. The van der Waals surface area contributed by atoms with Crippen molar-refractivity contribution in [2.75, 3.05) is 50.8 Å². The van der Waals surface area contributed by atoms with Crippen LogP contribution in [0.3, 0.4) is 0 Å². The predicted molar refractivity (Wildman–Crippen MR) is 120 cm³/mol. The van der Waals surface area contributed by atoms with Crippen LogP contribution in [0.4, 0.5) is 0 Å². The van der Waals surface area contributed by atoms with E-state index in [9.17, 15) is 21.6 Å². The fourth-order valence-electron chi connectivity index (χ4n) is 5.32. The molecule has 3 fully saturated rings. The summed E-state index contributed by atoms with van der Waals surface area (Å²) in [5, 5.41) is 0. The average molecular weight is 481 g/mol. The summed E-state index contributed by atoms with van der Waals surface area (Å²) in [7, 11) is -6.60. The third kappa shape index (κ3) is 4.06. The molecule has 0 saturated carbocycles. The van der Waals surface area contributed by atoms with Crippen molar-refractivity contribution in [2.45, 2.75) is 30.2 Å². The molecule has 5 rings (SSSR count). The van der Waals surface area contributed by atoms with Crippen molar-refractivity contribution in [1.29, 1.82) is 0 Å². The molecule has 0 bridgehead atoms. The van der Waals surface area contributed by atoms with Crippen molar-refractivity contribution in [3.63, 3.8) is 0 Å².